The highest BCUT2D eigenvalue weighted by atomic mass is 79.9. The van der Waals surface area contributed by atoms with E-state index in [2.05, 4.69) is 39.3 Å². The van der Waals surface area contributed by atoms with Crippen molar-refractivity contribution in [1.29, 1.82) is 0 Å². The summed E-state index contributed by atoms with van der Waals surface area (Å²) < 4.78 is 6.18. The summed E-state index contributed by atoms with van der Waals surface area (Å²) in [5.41, 5.74) is 1.25. The van der Waals surface area contributed by atoms with E-state index in [9.17, 15) is 0 Å². The molecule has 0 aliphatic rings. The molecule has 0 atom stereocenters. The molecule has 1 N–H and O–H groups in total. The third kappa shape index (κ3) is 5.25. The first kappa shape index (κ1) is 14.1. The molecular weight excluding hydrogens is 278 g/mol. The third-order valence-electron chi connectivity index (χ3n) is 2.47. The van der Waals surface area contributed by atoms with Gasteiger partial charge in [-0.15, -0.1) is 12.3 Å². The van der Waals surface area contributed by atoms with Crippen LogP contribution in [0.15, 0.2) is 22.7 Å². The van der Waals surface area contributed by atoms with Crippen molar-refractivity contribution in [1.82, 2.24) is 5.32 Å². The number of halogens is 1. The molecular formula is C14H18BrNO. The molecule has 1 aromatic carbocycles. The van der Waals surface area contributed by atoms with Gasteiger partial charge in [-0.1, -0.05) is 6.07 Å². The molecule has 0 saturated heterocycles. The summed E-state index contributed by atoms with van der Waals surface area (Å²) >= 11 is 3.48. The summed E-state index contributed by atoms with van der Waals surface area (Å²) in [7, 11) is 1.67. The molecule has 1 rings (SSSR count). The number of methoxy groups -OCH3 is 1. The van der Waals surface area contributed by atoms with E-state index in [0.29, 0.717) is 0 Å². The third-order valence-corrected chi connectivity index (χ3v) is 3.09. The van der Waals surface area contributed by atoms with E-state index in [1.54, 1.807) is 7.11 Å². The second kappa shape index (κ2) is 8.16. The highest BCUT2D eigenvalue weighted by molar-refractivity contribution is 9.10. The highest BCUT2D eigenvalue weighted by Crippen LogP contribution is 2.25. The van der Waals surface area contributed by atoms with Crippen LogP contribution in [0.5, 0.6) is 5.75 Å². The topological polar surface area (TPSA) is 21.3 Å². The second-order valence-electron chi connectivity index (χ2n) is 3.81. The SMILES string of the molecule is C#CCCCCNCc1ccc(OC)c(Br)c1. The van der Waals surface area contributed by atoms with Gasteiger partial charge < -0.3 is 10.1 Å². The first-order valence-electron chi connectivity index (χ1n) is 5.74. The van der Waals surface area contributed by atoms with E-state index in [1.807, 2.05) is 6.07 Å². The minimum Gasteiger partial charge on any atom is -0.496 e. The first-order chi connectivity index (χ1) is 8.27. The molecule has 0 saturated carbocycles. The van der Waals surface area contributed by atoms with Gasteiger partial charge in [-0.05, 0) is 53.0 Å². The van der Waals surface area contributed by atoms with Gasteiger partial charge in [-0.2, -0.15) is 0 Å². The van der Waals surface area contributed by atoms with Crippen LogP contribution in [0, 0.1) is 12.3 Å². The predicted molar refractivity (Wildman–Crippen MR) is 75.1 cm³/mol. The van der Waals surface area contributed by atoms with Crippen molar-refractivity contribution in [3.63, 3.8) is 0 Å². The van der Waals surface area contributed by atoms with E-state index < -0.39 is 0 Å². The van der Waals surface area contributed by atoms with Crippen LogP contribution in [0.2, 0.25) is 0 Å². The van der Waals surface area contributed by atoms with Crippen LogP contribution in [-0.2, 0) is 6.54 Å². The summed E-state index contributed by atoms with van der Waals surface area (Å²) in [6.45, 7) is 1.88. The number of unbranched alkanes of at least 4 members (excludes halogenated alkanes) is 2. The van der Waals surface area contributed by atoms with Gasteiger partial charge in [-0.3, -0.25) is 0 Å². The van der Waals surface area contributed by atoms with Crippen molar-refractivity contribution in [2.45, 2.75) is 25.8 Å². The highest BCUT2D eigenvalue weighted by Gasteiger charge is 2.00. The Balaban J connectivity index is 2.28. The van der Waals surface area contributed by atoms with Crippen LogP contribution in [0.3, 0.4) is 0 Å². The molecule has 17 heavy (non-hydrogen) atoms. The lowest BCUT2D eigenvalue weighted by molar-refractivity contribution is 0.412. The minimum absolute atomic E-state index is 0.864. The van der Waals surface area contributed by atoms with Crippen molar-refractivity contribution in [3.05, 3.63) is 28.2 Å². The number of nitrogens with one attached hydrogen (secondary N) is 1. The lowest BCUT2D eigenvalue weighted by Crippen LogP contribution is -2.14. The Morgan fingerprint density at radius 3 is 2.88 bits per heavy atom. The summed E-state index contributed by atoms with van der Waals surface area (Å²) in [5.74, 6) is 3.51. The van der Waals surface area contributed by atoms with Gasteiger partial charge in [0.25, 0.3) is 0 Å². The Bertz CT molecular complexity index is 384. The van der Waals surface area contributed by atoms with Gasteiger partial charge in [0.2, 0.25) is 0 Å². The van der Waals surface area contributed by atoms with Crippen molar-refractivity contribution >= 4 is 15.9 Å². The number of benzene rings is 1. The Labute approximate surface area is 112 Å². The Hall–Kier alpha value is -0.980. The fraction of sp³-hybridized carbons (Fsp3) is 0.429. The molecule has 2 nitrogen and oxygen atoms in total. The maximum absolute atomic E-state index is 5.19. The molecule has 0 spiro atoms. The van der Waals surface area contributed by atoms with Gasteiger partial charge in [0.1, 0.15) is 5.75 Å². The van der Waals surface area contributed by atoms with Gasteiger partial charge >= 0.3 is 0 Å². The quantitative estimate of drug-likeness (QED) is 0.615. The van der Waals surface area contributed by atoms with Crippen molar-refractivity contribution in [2.24, 2.45) is 0 Å². The molecule has 0 fully saturated rings. The van der Waals surface area contributed by atoms with Crippen LogP contribution >= 0.6 is 15.9 Å². The van der Waals surface area contributed by atoms with Crippen LogP contribution in [0.25, 0.3) is 0 Å². The predicted octanol–water partition coefficient (Wildman–Crippen LogP) is 3.35. The largest absolute Gasteiger partial charge is 0.496 e. The molecule has 0 unspecified atom stereocenters. The maximum atomic E-state index is 5.19. The van der Waals surface area contributed by atoms with E-state index >= 15 is 0 Å². The summed E-state index contributed by atoms with van der Waals surface area (Å²) in [5, 5.41) is 3.40. The number of ether oxygens (including phenoxy) is 1. The molecule has 0 aliphatic carbocycles. The van der Waals surface area contributed by atoms with Crippen LogP contribution < -0.4 is 10.1 Å². The lowest BCUT2D eigenvalue weighted by Gasteiger charge is -2.07. The molecule has 0 heterocycles. The fourth-order valence-corrected chi connectivity index (χ4v) is 2.12. The van der Waals surface area contributed by atoms with E-state index in [4.69, 9.17) is 11.2 Å². The zero-order chi connectivity index (χ0) is 12.5. The normalized spacial score (nSPS) is 9.94. The van der Waals surface area contributed by atoms with E-state index in [-0.39, 0.29) is 0 Å². The Morgan fingerprint density at radius 2 is 2.24 bits per heavy atom. The average Bonchev–Trinajstić information content (AvgIpc) is 2.34. The monoisotopic (exact) mass is 295 g/mol. The molecule has 0 aromatic heterocycles. The van der Waals surface area contributed by atoms with E-state index in [0.717, 1.165) is 42.6 Å². The van der Waals surface area contributed by atoms with Crippen LogP contribution in [-0.4, -0.2) is 13.7 Å². The average molecular weight is 296 g/mol. The van der Waals surface area contributed by atoms with Crippen LogP contribution in [0.1, 0.15) is 24.8 Å². The number of hydrogen-bond donors (Lipinski definition) is 1. The molecule has 0 amide bonds. The smallest absolute Gasteiger partial charge is 0.133 e. The molecule has 92 valence electrons. The standard InChI is InChI=1S/C14H18BrNO/c1-3-4-5-6-9-16-11-12-7-8-14(17-2)13(15)10-12/h1,7-8,10,16H,4-6,9,11H2,2H3. The van der Waals surface area contributed by atoms with Gasteiger partial charge in [0.15, 0.2) is 0 Å². The molecule has 0 aliphatic heterocycles. The van der Waals surface area contributed by atoms with Crippen LogP contribution in [0.4, 0.5) is 0 Å². The molecule has 1 aromatic rings. The summed E-state index contributed by atoms with van der Waals surface area (Å²) in [6.07, 6.45) is 8.28. The van der Waals surface area contributed by atoms with Gasteiger partial charge in [0.05, 0.1) is 11.6 Å². The molecule has 0 radical (unpaired) electrons. The molecule has 0 bridgehead atoms. The lowest BCUT2D eigenvalue weighted by atomic mass is 10.2. The zero-order valence-corrected chi connectivity index (χ0v) is 11.7. The molecule has 3 heteroatoms. The second-order valence-corrected chi connectivity index (χ2v) is 4.66. The van der Waals surface area contributed by atoms with Gasteiger partial charge in [0, 0.05) is 13.0 Å². The number of hydrogen-bond acceptors (Lipinski definition) is 2. The summed E-state index contributed by atoms with van der Waals surface area (Å²) in [4.78, 5) is 0. The first-order valence-corrected chi connectivity index (χ1v) is 6.54. The zero-order valence-electron chi connectivity index (χ0n) is 10.1. The fourth-order valence-electron chi connectivity index (χ4n) is 1.53. The number of terminal acetylenes is 1. The minimum atomic E-state index is 0.864. The number of rotatable bonds is 7. The summed E-state index contributed by atoms with van der Waals surface area (Å²) in [6, 6.07) is 6.12. The van der Waals surface area contributed by atoms with Crippen molar-refractivity contribution < 1.29 is 4.74 Å². The van der Waals surface area contributed by atoms with E-state index in [1.165, 1.54) is 5.56 Å². The van der Waals surface area contributed by atoms with Crippen molar-refractivity contribution in [2.75, 3.05) is 13.7 Å². The Morgan fingerprint density at radius 1 is 1.41 bits per heavy atom. The Kier molecular flexibility index (Phi) is 6.76. The maximum Gasteiger partial charge on any atom is 0.133 e. The van der Waals surface area contributed by atoms with Crippen molar-refractivity contribution in [3.8, 4) is 18.1 Å². The van der Waals surface area contributed by atoms with Gasteiger partial charge in [-0.25, -0.2) is 0 Å².